The van der Waals surface area contributed by atoms with Crippen LogP contribution in [-0.2, 0) is 4.79 Å². The quantitative estimate of drug-likeness (QED) is 0.671. The minimum atomic E-state index is 0.0506. The molecule has 16 heavy (non-hydrogen) atoms. The molecular formula is C13H27NO2. The van der Waals surface area contributed by atoms with Crippen molar-refractivity contribution in [2.75, 3.05) is 6.61 Å². The van der Waals surface area contributed by atoms with Gasteiger partial charge in [0.05, 0.1) is 0 Å². The third-order valence-corrected chi connectivity index (χ3v) is 2.83. The molecule has 0 radical (unpaired) electrons. The maximum absolute atomic E-state index is 11.6. The summed E-state index contributed by atoms with van der Waals surface area (Å²) >= 11 is 0. The third kappa shape index (κ3) is 6.83. The number of hydrogen-bond donors (Lipinski definition) is 2. The van der Waals surface area contributed by atoms with Crippen LogP contribution in [0.25, 0.3) is 0 Å². The van der Waals surface area contributed by atoms with Crippen molar-refractivity contribution >= 4 is 5.91 Å². The molecule has 0 fully saturated rings. The summed E-state index contributed by atoms with van der Waals surface area (Å²) in [6.45, 7) is 8.22. The highest BCUT2D eigenvalue weighted by Gasteiger charge is 2.14. The first-order valence-corrected chi connectivity index (χ1v) is 6.42. The second kappa shape index (κ2) is 8.57. The van der Waals surface area contributed by atoms with Crippen LogP contribution in [0.2, 0.25) is 0 Å². The molecule has 0 spiro atoms. The number of hydrogen-bond acceptors (Lipinski definition) is 2. The van der Waals surface area contributed by atoms with Crippen molar-refractivity contribution < 1.29 is 9.90 Å². The lowest BCUT2D eigenvalue weighted by atomic mass is 9.99. The van der Waals surface area contributed by atoms with Gasteiger partial charge in [-0.2, -0.15) is 0 Å². The molecule has 2 atom stereocenters. The van der Waals surface area contributed by atoms with Gasteiger partial charge in [-0.05, 0) is 25.2 Å². The van der Waals surface area contributed by atoms with Crippen molar-refractivity contribution in [3.8, 4) is 0 Å². The predicted molar refractivity (Wildman–Crippen MR) is 67.2 cm³/mol. The lowest BCUT2D eigenvalue weighted by Crippen LogP contribution is -2.37. The van der Waals surface area contributed by atoms with Gasteiger partial charge in [-0.1, -0.05) is 34.1 Å². The summed E-state index contributed by atoms with van der Waals surface area (Å²) in [5.41, 5.74) is 0. The van der Waals surface area contributed by atoms with Crippen LogP contribution in [0.3, 0.4) is 0 Å². The summed E-state index contributed by atoms with van der Waals surface area (Å²) in [4.78, 5) is 11.6. The number of rotatable bonds is 8. The Hall–Kier alpha value is -0.570. The number of carbonyl (C=O) groups excluding carboxylic acids is 1. The molecule has 0 heterocycles. The molecule has 0 aromatic carbocycles. The van der Waals surface area contributed by atoms with Crippen LogP contribution >= 0.6 is 0 Å². The minimum absolute atomic E-state index is 0.0506. The van der Waals surface area contributed by atoms with Gasteiger partial charge in [0.1, 0.15) is 0 Å². The Morgan fingerprint density at radius 2 is 1.81 bits per heavy atom. The Morgan fingerprint density at radius 1 is 1.19 bits per heavy atom. The highest BCUT2D eigenvalue weighted by Crippen LogP contribution is 2.11. The second-order valence-electron chi connectivity index (χ2n) is 5.01. The Morgan fingerprint density at radius 3 is 2.25 bits per heavy atom. The van der Waals surface area contributed by atoms with Gasteiger partial charge >= 0.3 is 0 Å². The van der Waals surface area contributed by atoms with E-state index in [9.17, 15) is 4.79 Å². The molecule has 0 aliphatic rings. The van der Waals surface area contributed by atoms with Crippen molar-refractivity contribution in [3.63, 3.8) is 0 Å². The van der Waals surface area contributed by atoms with Crippen molar-refractivity contribution in [1.29, 1.82) is 0 Å². The number of carbonyl (C=O) groups is 1. The van der Waals surface area contributed by atoms with Crippen LogP contribution in [0.5, 0.6) is 0 Å². The molecule has 3 nitrogen and oxygen atoms in total. The van der Waals surface area contributed by atoms with E-state index in [1.54, 1.807) is 0 Å². The van der Waals surface area contributed by atoms with E-state index < -0.39 is 0 Å². The third-order valence-electron chi connectivity index (χ3n) is 2.83. The van der Waals surface area contributed by atoms with Crippen LogP contribution in [0.1, 0.15) is 53.4 Å². The molecule has 1 amide bonds. The van der Waals surface area contributed by atoms with Crippen molar-refractivity contribution in [2.24, 2.45) is 11.8 Å². The van der Waals surface area contributed by atoms with Crippen LogP contribution in [0.15, 0.2) is 0 Å². The zero-order chi connectivity index (χ0) is 12.6. The van der Waals surface area contributed by atoms with E-state index in [-0.39, 0.29) is 24.5 Å². The molecule has 96 valence electrons. The molecule has 2 N–H and O–H groups in total. The smallest absolute Gasteiger partial charge is 0.222 e. The normalized spacial score (nSPS) is 14.9. The molecule has 0 saturated heterocycles. The topological polar surface area (TPSA) is 49.3 Å². The molecule has 0 saturated carbocycles. The molecule has 0 aliphatic heterocycles. The molecule has 0 aliphatic carbocycles. The van der Waals surface area contributed by atoms with Crippen LogP contribution < -0.4 is 5.32 Å². The van der Waals surface area contributed by atoms with E-state index in [0.717, 1.165) is 25.7 Å². The van der Waals surface area contributed by atoms with Gasteiger partial charge in [-0.3, -0.25) is 4.79 Å². The van der Waals surface area contributed by atoms with E-state index in [4.69, 9.17) is 5.11 Å². The zero-order valence-corrected chi connectivity index (χ0v) is 11.1. The van der Waals surface area contributed by atoms with E-state index in [1.165, 1.54) is 0 Å². The maximum atomic E-state index is 11.6. The van der Waals surface area contributed by atoms with Gasteiger partial charge in [0.15, 0.2) is 0 Å². The van der Waals surface area contributed by atoms with Gasteiger partial charge < -0.3 is 10.4 Å². The molecule has 0 aromatic heterocycles. The highest BCUT2D eigenvalue weighted by molar-refractivity contribution is 5.78. The zero-order valence-electron chi connectivity index (χ0n) is 11.1. The van der Waals surface area contributed by atoms with Gasteiger partial charge in [-0.15, -0.1) is 0 Å². The average molecular weight is 229 g/mol. The standard InChI is InChI=1S/C13H27NO2/c1-5-6-12(8-7-11(4)9-15)14-13(16)10(2)3/h10-12,15H,5-9H2,1-4H3,(H,14,16). The van der Waals surface area contributed by atoms with Crippen LogP contribution in [0, 0.1) is 11.8 Å². The van der Waals surface area contributed by atoms with Gasteiger partial charge in [0.2, 0.25) is 5.91 Å². The fourth-order valence-corrected chi connectivity index (χ4v) is 1.58. The van der Waals surface area contributed by atoms with Gasteiger partial charge in [0, 0.05) is 18.6 Å². The van der Waals surface area contributed by atoms with Crippen LogP contribution in [-0.4, -0.2) is 23.7 Å². The van der Waals surface area contributed by atoms with Crippen molar-refractivity contribution in [2.45, 2.75) is 59.4 Å². The molecule has 0 rings (SSSR count). The fourth-order valence-electron chi connectivity index (χ4n) is 1.58. The van der Waals surface area contributed by atoms with Crippen molar-refractivity contribution in [1.82, 2.24) is 5.32 Å². The second-order valence-corrected chi connectivity index (χ2v) is 5.01. The number of aliphatic hydroxyl groups is 1. The average Bonchev–Trinajstić information content (AvgIpc) is 2.25. The summed E-state index contributed by atoms with van der Waals surface area (Å²) in [7, 11) is 0. The van der Waals surface area contributed by atoms with Gasteiger partial charge in [0.25, 0.3) is 0 Å². The number of nitrogens with one attached hydrogen (secondary N) is 1. The van der Waals surface area contributed by atoms with E-state index in [1.807, 2.05) is 20.8 Å². The molecular weight excluding hydrogens is 202 g/mol. The Balaban J connectivity index is 4.01. The lowest BCUT2D eigenvalue weighted by Gasteiger charge is -2.20. The molecule has 0 bridgehead atoms. The number of aliphatic hydroxyl groups excluding tert-OH is 1. The Bertz CT molecular complexity index is 192. The molecule has 2 unspecified atom stereocenters. The first-order valence-electron chi connectivity index (χ1n) is 6.42. The predicted octanol–water partition coefficient (Wildman–Crippen LogP) is 2.34. The monoisotopic (exact) mass is 229 g/mol. The fraction of sp³-hybridized carbons (Fsp3) is 0.923. The number of amides is 1. The largest absolute Gasteiger partial charge is 0.396 e. The van der Waals surface area contributed by atoms with Crippen LogP contribution in [0.4, 0.5) is 0 Å². The highest BCUT2D eigenvalue weighted by atomic mass is 16.3. The minimum Gasteiger partial charge on any atom is -0.396 e. The summed E-state index contributed by atoms with van der Waals surface area (Å²) in [5, 5.41) is 12.0. The summed E-state index contributed by atoms with van der Waals surface area (Å²) in [6, 6.07) is 0.272. The summed E-state index contributed by atoms with van der Waals surface area (Å²) in [6.07, 6.45) is 4.04. The SMILES string of the molecule is CCCC(CCC(C)CO)NC(=O)C(C)C. The van der Waals surface area contributed by atoms with E-state index in [2.05, 4.69) is 12.2 Å². The maximum Gasteiger partial charge on any atom is 0.222 e. The first-order chi connectivity index (χ1) is 7.51. The molecule has 0 aromatic rings. The Labute approximate surface area is 99.6 Å². The van der Waals surface area contributed by atoms with E-state index in [0.29, 0.717) is 5.92 Å². The summed E-state index contributed by atoms with van der Waals surface area (Å²) < 4.78 is 0. The Kier molecular flexibility index (Phi) is 8.26. The van der Waals surface area contributed by atoms with Crippen molar-refractivity contribution in [3.05, 3.63) is 0 Å². The van der Waals surface area contributed by atoms with Gasteiger partial charge in [-0.25, -0.2) is 0 Å². The lowest BCUT2D eigenvalue weighted by molar-refractivity contribution is -0.124. The van der Waals surface area contributed by atoms with E-state index >= 15 is 0 Å². The summed E-state index contributed by atoms with van der Waals surface area (Å²) in [5.74, 6) is 0.514. The molecule has 3 heteroatoms. The first kappa shape index (κ1) is 15.4.